The molecule has 0 saturated heterocycles. The molecule has 126 valence electrons. The van der Waals surface area contributed by atoms with Crippen LogP contribution in [0.2, 0.25) is 0 Å². The maximum absolute atomic E-state index is 11.1. The van der Waals surface area contributed by atoms with Crippen LogP contribution in [0.25, 0.3) is 6.08 Å². The van der Waals surface area contributed by atoms with Gasteiger partial charge in [-0.3, -0.25) is 0 Å². The standard InChI is InChI=1S/C19H27NO3/c1-5-18(6-2)15-11-9-14(10-12-17(21)22)13-16(15)19(7-3,8-4)20(18)23/h9-13,23H,5-8H2,1-4H3,(H,21,22)/b12-10+. The molecule has 1 aliphatic rings. The highest BCUT2D eigenvalue weighted by molar-refractivity contribution is 5.85. The van der Waals surface area contributed by atoms with E-state index in [0.29, 0.717) is 0 Å². The Morgan fingerprint density at radius 2 is 1.57 bits per heavy atom. The first-order valence-corrected chi connectivity index (χ1v) is 8.47. The van der Waals surface area contributed by atoms with E-state index in [1.807, 2.05) is 12.1 Å². The molecule has 0 spiro atoms. The molecule has 0 radical (unpaired) electrons. The van der Waals surface area contributed by atoms with Crippen molar-refractivity contribution in [2.75, 3.05) is 0 Å². The van der Waals surface area contributed by atoms with Gasteiger partial charge in [0.1, 0.15) is 0 Å². The Hall–Kier alpha value is -1.65. The number of carboxylic acids is 1. The van der Waals surface area contributed by atoms with Gasteiger partial charge in [-0.05, 0) is 54.5 Å². The maximum atomic E-state index is 11.1. The Balaban J connectivity index is 2.67. The molecule has 0 saturated carbocycles. The lowest BCUT2D eigenvalue weighted by atomic mass is 9.82. The normalized spacial score (nSPS) is 19.2. The van der Waals surface area contributed by atoms with Gasteiger partial charge in [-0.25, -0.2) is 4.79 Å². The minimum absolute atomic E-state index is 0.365. The van der Waals surface area contributed by atoms with Gasteiger partial charge in [0.15, 0.2) is 0 Å². The molecule has 0 aromatic heterocycles. The molecule has 4 nitrogen and oxygen atoms in total. The summed E-state index contributed by atoms with van der Waals surface area (Å²) in [5.41, 5.74) is 2.38. The van der Waals surface area contributed by atoms with Crippen LogP contribution < -0.4 is 0 Å². The van der Waals surface area contributed by atoms with E-state index in [9.17, 15) is 10.0 Å². The van der Waals surface area contributed by atoms with E-state index in [-0.39, 0.29) is 5.54 Å². The quantitative estimate of drug-likeness (QED) is 0.757. The summed E-state index contributed by atoms with van der Waals surface area (Å²) in [7, 11) is 0. The fourth-order valence-electron chi connectivity index (χ4n) is 4.12. The predicted molar refractivity (Wildman–Crippen MR) is 91.3 cm³/mol. The molecule has 1 aromatic rings. The van der Waals surface area contributed by atoms with Crippen LogP contribution in [0.15, 0.2) is 24.3 Å². The minimum atomic E-state index is -0.956. The third-order valence-corrected chi connectivity index (χ3v) is 5.62. The van der Waals surface area contributed by atoms with Gasteiger partial charge in [0.2, 0.25) is 0 Å². The van der Waals surface area contributed by atoms with E-state index < -0.39 is 11.5 Å². The van der Waals surface area contributed by atoms with E-state index >= 15 is 0 Å². The smallest absolute Gasteiger partial charge is 0.328 e. The number of benzene rings is 1. The summed E-state index contributed by atoms with van der Waals surface area (Å²) < 4.78 is 0. The van der Waals surface area contributed by atoms with Gasteiger partial charge in [0, 0.05) is 6.08 Å². The number of fused-ring (bicyclic) bond motifs is 1. The van der Waals surface area contributed by atoms with Crippen LogP contribution in [0.5, 0.6) is 0 Å². The Morgan fingerprint density at radius 3 is 2.04 bits per heavy atom. The molecule has 0 fully saturated rings. The number of hydrogen-bond acceptors (Lipinski definition) is 3. The highest BCUT2D eigenvalue weighted by Gasteiger charge is 2.55. The maximum Gasteiger partial charge on any atom is 0.328 e. The summed E-state index contributed by atoms with van der Waals surface area (Å²) in [6.07, 6.45) is 6.04. The highest BCUT2D eigenvalue weighted by atomic mass is 16.5. The summed E-state index contributed by atoms with van der Waals surface area (Å²) in [6, 6.07) is 6.03. The zero-order valence-corrected chi connectivity index (χ0v) is 14.5. The zero-order valence-electron chi connectivity index (χ0n) is 14.5. The summed E-state index contributed by atoms with van der Waals surface area (Å²) in [4.78, 5) is 10.8. The minimum Gasteiger partial charge on any atom is -0.478 e. The molecule has 4 heteroatoms. The molecule has 1 aromatic carbocycles. The zero-order chi connectivity index (χ0) is 17.3. The van der Waals surface area contributed by atoms with E-state index in [2.05, 4.69) is 33.8 Å². The second-order valence-electron chi connectivity index (χ2n) is 6.27. The third kappa shape index (κ3) is 2.50. The van der Waals surface area contributed by atoms with E-state index in [4.69, 9.17) is 5.11 Å². The SMILES string of the molecule is CCC1(CC)c2ccc(/C=C/C(=O)O)cc2C(CC)(CC)N1O. The van der Waals surface area contributed by atoms with Crippen molar-refractivity contribution in [1.82, 2.24) is 5.06 Å². The van der Waals surface area contributed by atoms with Crippen LogP contribution >= 0.6 is 0 Å². The average molecular weight is 317 g/mol. The van der Waals surface area contributed by atoms with Crippen LogP contribution in [0.1, 0.15) is 70.1 Å². The molecule has 2 N–H and O–H groups in total. The van der Waals surface area contributed by atoms with Gasteiger partial charge in [-0.2, -0.15) is 5.06 Å². The monoisotopic (exact) mass is 317 g/mol. The number of aliphatic carboxylic acids is 1. The Bertz CT molecular complexity index is 613. The first kappa shape index (κ1) is 17.7. The molecular weight excluding hydrogens is 290 g/mol. The van der Waals surface area contributed by atoms with Gasteiger partial charge in [-0.15, -0.1) is 0 Å². The fourth-order valence-corrected chi connectivity index (χ4v) is 4.12. The molecule has 2 rings (SSSR count). The van der Waals surface area contributed by atoms with E-state index in [1.165, 1.54) is 5.56 Å². The van der Waals surface area contributed by atoms with Gasteiger partial charge in [0.05, 0.1) is 11.1 Å². The van der Waals surface area contributed by atoms with Crippen LogP contribution in [0, 0.1) is 0 Å². The van der Waals surface area contributed by atoms with Crippen LogP contribution in [0.4, 0.5) is 0 Å². The van der Waals surface area contributed by atoms with E-state index in [0.717, 1.165) is 42.9 Å². The lowest BCUT2D eigenvalue weighted by Crippen LogP contribution is -2.48. The van der Waals surface area contributed by atoms with Crippen molar-refractivity contribution in [2.24, 2.45) is 0 Å². The molecule has 0 amide bonds. The van der Waals surface area contributed by atoms with Gasteiger partial charge < -0.3 is 10.3 Å². The fraction of sp³-hybridized carbons (Fsp3) is 0.526. The molecular formula is C19H27NO3. The van der Waals surface area contributed by atoms with Gasteiger partial charge >= 0.3 is 5.97 Å². The molecule has 1 heterocycles. The van der Waals surface area contributed by atoms with Crippen molar-refractivity contribution >= 4 is 12.0 Å². The van der Waals surface area contributed by atoms with Gasteiger partial charge in [-0.1, -0.05) is 39.8 Å². The number of carboxylic acid groups (broad SMARTS) is 1. The van der Waals surface area contributed by atoms with Crippen LogP contribution in [-0.4, -0.2) is 21.3 Å². The summed E-state index contributed by atoms with van der Waals surface area (Å²) in [6.45, 7) is 8.40. The lowest BCUT2D eigenvalue weighted by Gasteiger charge is -2.42. The first-order chi connectivity index (χ1) is 10.9. The predicted octanol–water partition coefficient (Wildman–Crippen LogP) is 4.52. The van der Waals surface area contributed by atoms with Crippen LogP contribution in [-0.2, 0) is 15.9 Å². The van der Waals surface area contributed by atoms with Gasteiger partial charge in [0.25, 0.3) is 0 Å². The average Bonchev–Trinajstić information content (AvgIpc) is 2.77. The van der Waals surface area contributed by atoms with Crippen molar-refractivity contribution in [3.05, 3.63) is 41.0 Å². The van der Waals surface area contributed by atoms with Crippen molar-refractivity contribution in [1.29, 1.82) is 0 Å². The number of carbonyl (C=O) groups is 1. The van der Waals surface area contributed by atoms with Crippen molar-refractivity contribution in [3.8, 4) is 0 Å². The second-order valence-corrected chi connectivity index (χ2v) is 6.27. The number of nitrogens with zero attached hydrogens (tertiary/aromatic N) is 1. The summed E-state index contributed by atoms with van der Waals surface area (Å²) in [5, 5.41) is 21.5. The number of rotatable bonds is 6. The van der Waals surface area contributed by atoms with Crippen LogP contribution in [0.3, 0.4) is 0 Å². The summed E-state index contributed by atoms with van der Waals surface area (Å²) >= 11 is 0. The van der Waals surface area contributed by atoms with Crippen molar-refractivity contribution < 1.29 is 15.1 Å². The third-order valence-electron chi connectivity index (χ3n) is 5.62. The second kappa shape index (κ2) is 6.46. The molecule has 0 aliphatic carbocycles. The van der Waals surface area contributed by atoms with E-state index in [1.54, 1.807) is 11.1 Å². The van der Waals surface area contributed by atoms with Crippen molar-refractivity contribution in [3.63, 3.8) is 0 Å². The molecule has 0 bridgehead atoms. The first-order valence-electron chi connectivity index (χ1n) is 8.47. The Labute approximate surface area is 138 Å². The molecule has 1 aliphatic heterocycles. The number of hydrogen-bond donors (Lipinski definition) is 2. The highest BCUT2D eigenvalue weighted by Crippen LogP contribution is 2.55. The topological polar surface area (TPSA) is 60.8 Å². The molecule has 0 unspecified atom stereocenters. The lowest BCUT2D eigenvalue weighted by molar-refractivity contribution is -0.241. The largest absolute Gasteiger partial charge is 0.478 e. The Kier molecular flexibility index (Phi) is 4.97. The molecule has 0 atom stereocenters. The van der Waals surface area contributed by atoms with Crippen molar-refractivity contribution in [2.45, 2.75) is 64.5 Å². The summed E-state index contributed by atoms with van der Waals surface area (Å²) in [5.74, 6) is -0.956. The Morgan fingerprint density at radius 1 is 1.04 bits per heavy atom. The number of hydroxylamine groups is 2. The molecule has 23 heavy (non-hydrogen) atoms.